The molecule has 1 fully saturated rings. The Bertz CT molecular complexity index is 345. The predicted molar refractivity (Wildman–Crippen MR) is 65.2 cm³/mol. The highest BCUT2D eigenvalue weighted by Crippen LogP contribution is 2.53. The van der Waals surface area contributed by atoms with Crippen LogP contribution in [0.3, 0.4) is 0 Å². The first-order valence-electron chi connectivity index (χ1n) is 5.56. The molecule has 0 aromatic carbocycles. The normalized spacial score (nSPS) is 28.4. The summed E-state index contributed by atoms with van der Waals surface area (Å²) >= 11 is 5.50. The number of carbonyl (C=O) groups excluding carboxylic acids is 1. The monoisotopic (exact) mass is 298 g/mol. The van der Waals surface area contributed by atoms with Gasteiger partial charge in [-0.05, 0) is 13.3 Å². The lowest BCUT2D eigenvalue weighted by atomic mass is 10.4. The van der Waals surface area contributed by atoms with Crippen molar-refractivity contribution in [2.24, 2.45) is 0 Å². The van der Waals surface area contributed by atoms with Gasteiger partial charge >= 0.3 is 13.8 Å². The summed E-state index contributed by atoms with van der Waals surface area (Å²) in [6.45, 7) is 2.17. The molecule has 0 N–H and O–H groups in total. The predicted octanol–water partition coefficient (Wildman–Crippen LogP) is 2.62. The van der Waals surface area contributed by atoms with Gasteiger partial charge in [-0.2, -0.15) is 0 Å². The molecule has 2 atom stereocenters. The van der Waals surface area contributed by atoms with Gasteiger partial charge in [-0.25, -0.2) is 13.9 Å². The molecule has 1 rings (SSSR count). The second-order valence-electron chi connectivity index (χ2n) is 3.43. The fourth-order valence-corrected chi connectivity index (χ4v) is 2.53. The number of halogens is 1. The molecule has 0 aliphatic carbocycles. The minimum absolute atomic E-state index is 0.145. The van der Waals surface area contributed by atoms with Crippen LogP contribution >= 0.6 is 19.4 Å². The van der Waals surface area contributed by atoms with E-state index in [-0.39, 0.29) is 6.61 Å². The highest BCUT2D eigenvalue weighted by Gasteiger charge is 2.38. The lowest BCUT2D eigenvalue weighted by molar-refractivity contribution is -0.143. The van der Waals surface area contributed by atoms with Gasteiger partial charge in [0.05, 0.1) is 13.2 Å². The number of allylic oxidation sites excluding steroid dienone is 1. The van der Waals surface area contributed by atoms with Crippen LogP contribution in [0.15, 0.2) is 12.2 Å². The summed E-state index contributed by atoms with van der Waals surface area (Å²) in [6.07, 6.45) is 2.97. The van der Waals surface area contributed by atoms with E-state index in [1.54, 1.807) is 6.92 Å². The number of rotatable bonds is 6. The Balaban J connectivity index is 2.45. The summed E-state index contributed by atoms with van der Waals surface area (Å²) in [7, 11) is -3.86. The number of phosphoric acid groups is 1. The van der Waals surface area contributed by atoms with Crippen LogP contribution in [0.5, 0.6) is 0 Å². The smallest absolute Gasteiger partial charge is 0.367 e. The molecule has 0 aromatic heterocycles. The molecule has 0 bridgehead atoms. The average Bonchev–Trinajstić information content (AvgIpc) is 2.29. The molecule has 0 amide bonds. The van der Waals surface area contributed by atoms with Crippen LogP contribution in [-0.4, -0.2) is 31.4 Å². The van der Waals surface area contributed by atoms with Gasteiger partial charge in [-0.3, -0.25) is 4.52 Å². The zero-order valence-electron chi connectivity index (χ0n) is 10.0. The molecule has 0 saturated carbocycles. The standard InChI is InChI=1S/C10H16ClO6P/c1-2-4-9(12)16-18(13)15-8-5-10(17-18)14-7-3-6-11/h2,4,10H,3,5-8H2,1H3/b4-2+. The first-order chi connectivity index (χ1) is 8.59. The van der Waals surface area contributed by atoms with Crippen molar-refractivity contribution in [2.45, 2.75) is 26.1 Å². The maximum absolute atomic E-state index is 11.9. The largest absolute Gasteiger partial charge is 0.534 e. The summed E-state index contributed by atoms with van der Waals surface area (Å²) in [4.78, 5) is 11.2. The Hall–Kier alpha value is -0.390. The fourth-order valence-electron chi connectivity index (χ4n) is 1.20. The van der Waals surface area contributed by atoms with E-state index in [4.69, 9.17) is 25.4 Å². The van der Waals surface area contributed by atoms with Crippen molar-refractivity contribution in [1.82, 2.24) is 0 Å². The van der Waals surface area contributed by atoms with Gasteiger partial charge in [0.25, 0.3) is 0 Å². The third-order valence-corrected chi connectivity index (χ3v) is 3.60. The Morgan fingerprint density at radius 2 is 2.39 bits per heavy atom. The molecule has 0 spiro atoms. The van der Waals surface area contributed by atoms with Gasteiger partial charge in [-0.1, -0.05) is 6.08 Å². The van der Waals surface area contributed by atoms with Crippen molar-refractivity contribution in [1.29, 1.82) is 0 Å². The molecule has 8 heteroatoms. The van der Waals surface area contributed by atoms with Crippen molar-refractivity contribution in [3.8, 4) is 0 Å². The number of hydrogen-bond acceptors (Lipinski definition) is 6. The maximum atomic E-state index is 11.9. The third kappa shape index (κ3) is 5.50. The SMILES string of the molecule is C/C=C/C(=O)OP1(=O)OCCC(OCCCCl)O1. The Kier molecular flexibility index (Phi) is 6.89. The van der Waals surface area contributed by atoms with Crippen LogP contribution in [0.2, 0.25) is 0 Å². The lowest BCUT2D eigenvalue weighted by Crippen LogP contribution is -2.25. The molecule has 6 nitrogen and oxygen atoms in total. The molecule has 1 heterocycles. The minimum Gasteiger partial charge on any atom is -0.367 e. The molecule has 0 radical (unpaired) electrons. The van der Waals surface area contributed by atoms with Crippen molar-refractivity contribution in [3.05, 3.63) is 12.2 Å². The summed E-state index contributed by atoms with van der Waals surface area (Å²) in [6, 6.07) is 0. The summed E-state index contributed by atoms with van der Waals surface area (Å²) < 4.78 is 31.8. The first-order valence-corrected chi connectivity index (χ1v) is 7.56. The summed E-state index contributed by atoms with van der Waals surface area (Å²) in [5.74, 6) is -0.306. The van der Waals surface area contributed by atoms with Crippen molar-refractivity contribution >= 4 is 25.4 Å². The molecule has 18 heavy (non-hydrogen) atoms. The van der Waals surface area contributed by atoms with Crippen LogP contribution in [-0.2, 0) is 27.7 Å². The highest BCUT2D eigenvalue weighted by molar-refractivity contribution is 7.49. The van der Waals surface area contributed by atoms with E-state index in [0.29, 0.717) is 25.3 Å². The molecular weight excluding hydrogens is 283 g/mol. The summed E-state index contributed by atoms with van der Waals surface area (Å²) in [5.41, 5.74) is 0. The van der Waals surface area contributed by atoms with Crippen LogP contribution in [0.25, 0.3) is 0 Å². The van der Waals surface area contributed by atoms with Crippen LogP contribution in [0, 0.1) is 0 Å². The zero-order chi connectivity index (χ0) is 13.4. The van der Waals surface area contributed by atoms with Crippen molar-refractivity contribution in [3.63, 3.8) is 0 Å². The number of phosphoric ester groups is 1. The van der Waals surface area contributed by atoms with Crippen molar-refractivity contribution in [2.75, 3.05) is 19.1 Å². The molecule has 2 unspecified atom stereocenters. The van der Waals surface area contributed by atoms with E-state index in [1.165, 1.54) is 6.08 Å². The van der Waals surface area contributed by atoms with E-state index >= 15 is 0 Å². The van der Waals surface area contributed by atoms with Crippen LogP contribution in [0.1, 0.15) is 19.8 Å². The number of alkyl halides is 1. The van der Waals surface area contributed by atoms with Crippen LogP contribution in [0.4, 0.5) is 0 Å². The number of ether oxygens (including phenoxy) is 1. The quantitative estimate of drug-likeness (QED) is 0.325. The molecule has 0 aromatic rings. The second-order valence-corrected chi connectivity index (χ2v) is 5.35. The minimum atomic E-state index is -3.86. The Morgan fingerprint density at radius 1 is 1.61 bits per heavy atom. The number of carbonyl (C=O) groups is 1. The highest BCUT2D eigenvalue weighted by atomic mass is 35.5. The fraction of sp³-hybridized carbons (Fsp3) is 0.700. The topological polar surface area (TPSA) is 71.1 Å². The van der Waals surface area contributed by atoms with E-state index in [9.17, 15) is 9.36 Å². The van der Waals surface area contributed by atoms with Gasteiger partial charge in [0.2, 0.25) is 0 Å². The molecular formula is C10H16ClO6P. The maximum Gasteiger partial charge on any atom is 0.534 e. The van der Waals surface area contributed by atoms with E-state index in [0.717, 1.165) is 6.08 Å². The van der Waals surface area contributed by atoms with E-state index in [2.05, 4.69) is 4.52 Å². The number of hydrogen-bond donors (Lipinski definition) is 0. The lowest BCUT2D eigenvalue weighted by Gasteiger charge is -2.27. The second kappa shape index (κ2) is 7.92. The third-order valence-electron chi connectivity index (χ3n) is 1.94. The Morgan fingerprint density at radius 3 is 3.06 bits per heavy atom. The zero-order valence-corrected chi connectivity index (χ0v) is 11.7. The molecule has 1 aliphatic rings. The van der Waals surface area contributed by atoms with E-state index in [1.807, 2.05) is 0 Å². The average molecular weight is 299 g/mol. The van der Waals surface area contributed by atoms with E-state index < -0.39 is 20.1 Å². The summed E-state index contributed by atoms with van der Waals surface area (Å²) in [5, 5.41) is 0. The van der Waals surface area contributed by atoms with Crippen LogP contribution < -0.4 is 0 Å². The van der Waals surface area contributed by atoms with Gasteiger partial charge in [0, 0.05) is 18.4 Å². The van der Waals surface area contributed by atoms with Gasteiger partial charge in [-0.15, -0.1) is 11.6 Å². The van der Waals surface area contributed by atoms with Gasteiger partial charge < -0.3 is 9.26 Å². The first kappa shape index (κ1) is 15.7. The molecule has 1 saturated heterocycles. The van der Waals surface area contributed by atoms with Crippen molar-refractivity contribution < 1.29 is 27.7 Å². The van der Waals surface area contributed by atoms with Gasteiger partial charge in [0.1, 0.15) is 0 Å². The molecule has 1 aliphatic heterocycles. The van der Waals surface area contributed by atoms with Gasteiger partial charge in [0.15, 0.2) is 6.29 Å². The molecule has 104 valence electrons. The Labute approximate surface area is 111 Å².